The molecular formula is C14H20N2O3. The Balaban J connectivity index is 2.57. The van der Waals surface area contributed by atoms with E-state index in [-0.39, 0.29) is 24.8 Å². The summed E-state index contributed by atoms with van der Waals surface area (Å²) in [6.07, 6.45) is 0.0367. The molecule has 104 valence electrons. The van der Waals surface area contributed by atoms with E-state index in [0.717, 1.165) is 11.1 Å². The summed E-state index contributed by atoms with van der Waals surface area (Å²) in [6.45, 7) is 3.85. The van der Waals surface area contributed by atoms with Crippen LogP contribution in [0.4, 0.5) is 0 Å². The first-order valence-corrected chi connectivity index (χ1v) is 6.25. The quantitative estimate of drug-likeness (QED) is 0.723. The Bertz CT molecular complexity index is 460. The molecule has 0 bridgehead atoms. The van der Waals surface area contributed by atoms with Crippen molar-refractivity contribution < 1.29 is 14.7 Å². The van der Waals surface area contributed by atoms with Crippen LogP contribution in [0.2, 0.25) is 0 Å². The number of rotatable bonds is 6. The lowest BCUT2D eigenvalue weighted by Gasteiger charge is -2.19. The maximum absolute atomic E-state index is 11.8. The molecule has 19 heavy (non-hydrogen) atoms. The van der Waals surface area contributed by atoms with Gasteiger partial charge >= 0.3 is 5.97 Å². The highest BCUT2D eigenvalue weighted by Gasteiger charge is 2.18. The SMILES string of the molecule is Cc1ccccc1C(C)NC(=O)C(N)CCC(=O)O. The second-order valence-electron chi connectivity index (χ2n) is 4.63. The summed E-state index contributed by atoms with van der Waals surface area (Å²) in [7, 11) is 0. The van der Waals surface area contributed by atoms with E-state index in [1.54, 1.807) is 0 Å². The van der Waals surface area contributed by atoms with Gasteiger partial charge in [-0.25, -0.2) is 0 Å². The van der Waals surface area contributed by atoms with Crippen molar-refractivity contribution >= 4 is 11.9 Å². The average Bonchev–Trinajstić information content (AvgIpc) is 2.36. The number of hydrogen-bond acceptors (Lipinski definition) is 3. The number of carbonyl (C=O) groups excluding carboxylic acids is 1. The third-order valence-electron chi connectivity index (χ3n) is 3.02. The Kier molecular flexibility index (Phi) is 5.51. The zero-order valence-electron chi connectivity index (χ0n) is 11.2. The standard InChI is InChI=1S/C14H20N2O3/c1-9-5-3-4-6-11(9)10(2)16-14(19)12(15)7-8-13(17)18/h3-6,10,12H,7-8,15H2,1-2H3,(H,16,19)(H,17,18). The van der Waals surface area contributed by atoms with Gasteiger partial charge in [-0.1, -0.05) is 24.3 Å². The molecule has 0 radical (unpaired) electrons. The van der Waals surface area contributed by atoms with Gasteiger partial charge in [0.1, 0.15) is 0 Å². The van der Waals surface area contributed by atoms with Crippen LogP contribution in [0, 0.1) is 6.92 Å². The third-order valence-corrected chi connectivity index (χ3v) is 3.02. The number of carboxylic acids is 1. The summed E-state index contributed by atoms with van der Waals surface area (Å²) in [6, 6.07) is 6.83. The minimum atomic E-state index is -0.949. The van der Waals surface area contributed by atoms with E-state index in [2.05, 4.69) is 5.32 Å². The van der Waals surface area contributed by atoms with Crippen LogP contribution in [0.25, 0.3) is 0 Å². The van der Waals surface area contributed by atoms with Gasteiger partial charge in [0.25, 0.3) is 0 Å². The van der Waals surface area contributed by atoms with Gasteiger partial charge < -0.3 is 16.2 Å². The van der Waals surface area contributed by atoms with Crippen molar-refractivity contribution in [3.05, 3.63) is 35.4 Å². The van der Waals surface area contributed by atoms with Crippen molar-refractivity contribution in [1.29, 1.82) is 0 Å². The van der Waals surface area contributed by atoms with Crippen molar-refractivity contribution in [1.82, 2.24) is 5.32 Å². The molecule has 0 fully saturated rings. The lowest BCUT2D eigenvalue weighted by molar-refractivity contribution is -0.137. The monoisotopic (exact) mass is 264 g/mol. The maximum atomic E-state index is 11.8. The first-order valence-electron chi connectivity index (χ1n) is 6.25. The number of amides is 1. The lowest BCUT2D eigenvalue weighted by Crippen LogP contribution is -2.42. The molecule has 2 atom stereocenters. The first-order chi connectivity index (χ1) is 8.91. The summed E-state index contributed by atoms with van der Waals surface area (Å²) in [4.78, 5) is 22.2. The molecule has 4 N–H and O–H groups in total. The Morgan fingerprint density at radius 3 is 2.58 bits per heavy atom. The molecule has 5 nitrogen and oxygen atoms in total. The molecule has 0 saturated heterocycles. The first kappa shape index (κ1) is 15.2. The fraction of sp³-hybridized carbons (Fsp3) is 0.429. The molecule has 2 unspecified atom stereocenters. The smallest absolute Gasteiger partial charge is 0.303 e. The van der Waals surface area contributed by atoms with Gasteiger partial charge in [-0.2, -0.15) is 0 Å². The van der Waals surface area contributed by atoms with E-state index in [1.165, 1.54) is 0 Å². The number of carbonyl (C=O) groups is 2. The van der Waals surface area contributed by atoms with Crippen LogP contribution in [-0.4, -0.2) is 23.0 Å². The lowest BCUT2D eigenvalue weighted by atomic mass is 10.0. The van der Waals surface area contributed by atoms with Crippen LogP contribution in [-0.2, 0) is 9.59 Å². The molecule has 0 heterocycles. The fourth-order valence-electron chi connectivity index (χ4n) is 1.88. The largest absolute Gasteiger partial charge is 0.481 e. The zero-order valence-corrected chi connectivity index (χ0v) is 11.2. The number of nitrogens with one attached hydrogen (secondary N) is 1. The average molecular weight is 264 g/mol. The van der Waals surface area contributed by atoms with Crippen LogP contribution >= 0.6 is 0 Å². The molecule has 1 amide bonds. The number of aliphatic carboxylic acids is 1. The number of benzene rings is 1. The summed E-state index contributed by atoms with van der Waals surface area (Å²) in [5.41, 5.74) is 7.78. The number of nitrogens with two attached hydrogens (primary N) is 1. The molecule has 0 aliphatic heterocycles. The van der Waals surface area contributed by atoms with Crippen molar-refractivity contribution in [2.75, 3.05) is 0 Å². The molecule has 1 aromatic rings. The van der Waals surface area contributed by atoms with Crippen LogP contribution in [0.1, 0.15) is 36.9 Å². The van der Waals surface area contributed by atoms with E-state index >= 15 is 0 Å². The highest BCUT2D eigenvalue weighted by atomic mass is 16.4. The van der Waals surface area contributed by atoms with Gasteiger partial charge in [0.2, 0.25) is 5.91 Å². The van der Waals surface area contributed by atoms with Crippen molar-refractivity contribution in [2.24, 2.45) is 5.73 Å². The summed E-state index contributed by atoms with van der Waals surface area (Å²) in [5, 5.41) is 11.4. The van der Waals surface area contributed by atoms with Crippen LogP contribution in [0.15, 0.2) is 24.3 Å². The van der Waals surface area contributed by atoms with Crippen LogP contribution in [0.5, 0.6) is 0 Å². The number of carboxylic acid groups (broad SMARTS) is 1. The molecule has 1 aromatic carbocycles. The molecule has 0 aliphatic carbocycles. The van der Waals surface area contributed by atoms with E-state index in [4.69, 9.17) is 10.8 Å². The van der Waals surface area contributed by atoms with Crippen molar-refractivity contribution in [3.8, 4) is 0 Å². The number of aryl methyl sites for hydroxylation is 1. The summed E-state index contributed by atoms with van der Waals surface area (Å²) < 4.78 is 0. The van der Waals surface area contributed by atoms with Gasteiger partial charge in [-0.05, 0) is 31.4 Å². The second-order valence-corrected chi connectivity index (χ2v) is 4.63. The van der Waals surface area contributed by atoms with E-state index in [0.29, 0.717) is 0 Å². The van der Waals surface area contributed by atoms with Gasteiger partial charge in [0.05, 0.1) is 12.1 Å². The van der Waals surface area contributed by atoms with Crippen molar-refractivity contribution in [3.63, 3.8) is 0 Å². The van der Waals surface area contributed by atoms with Gasteiger partial charge in [0.15, 0.2) is 0 Å². The van der Waals surface area contributed by atoms with Crippen LogP contribution < -0.4 is 11.1 Å². The minimum Gasteiger partial charge on any atom is -0.481 e. The molecular weight excluding hydrogens is 244 g/mol. The molecule has 0 saturated carbocycles. The molecule has 1 rings (SSSR count). The maximum Gasteiger partial charge on any atom is 0.303 e. The fourth-order valence-corrected chi connectivity index (χ4v) is 1.88. The Morgan fingerprint density at radius 1 is 1.37 bits per heavy atom. The Morgan fingerprint density at radius 2 is 2.00 bits per heavy atom. The highest BCUT2D eigenvalue weighted by Crippen LogP contribution is 2.16. The predicted octanol–water partition coefficient (Wildman–Crippen LogP) is 1.36. The molecule has 5 heteroatoms. The van der Waals surface area contributed by atoms with Gasteiger partial charge in [0, 0.05) is 6.42 Å². The predicted molar refractivity (Wildman–Crippen MR) is 72.6 cm³/mol. The summed E-state index contributed by atoms with van der Waals surface area (Å²) >= 11 is 0. The Hall–Kier alpha value is -1.88. The summed E-state index contributed by atoms with van der Waals surface area (Å²) in [5.74, 6) is -1.27. The molecule has 0 aromatic heterocycles. The van der Waals surface area contributed by atoms with Crippen molar-refractivity contribution in [2.45, 2.75) is 38.8 Å². The molecule has 0 spiro atoms. The van der Waals surface area contributed by atoms with E-state index in [1.807, 2.05) is 38.1 Å². The van der Waals surface area contributed by atoms with Crippen LogP contribution in [0.3, 0.4) is 0 Å². The normalized spacial score (nSPS) is 13.6. The minimum absolute atomic E-state index is 0.104. The third kappa shape index (κ3) is 4.71. The highest BCUT2D eigenvalue weighted by molar-refractivity contribution is 5.82. The van der Waals surface area contributed by atoms with E-state index in [9.17, 15) is 9.59 Å². The topological polar surface area (TPSA) is 92.4 Å². The zero-order chi connectivity index (χ0) is 14.4. The van der Waals surface area contributed by atoms with E-state index < -0.39 is 12.0 Å². The Labute approximate surface area is 112 Å². The molecule has 0 aliphatic rings. The second kappa shape index (κ2) is 6.89. The number of hydrogen-bond donors (Lipinski definition) is 3. The van der Waals surface area contributed by atoms with Gasteiger partial charge in [-0.15, -0.1) is 0 Å². The van der Waals surface area contributed by atoms with Gasteiger partial charge in [-0.3, -0.25) is 9.59 Å².